The topological polar surface area (TPSA) is 36.7 Å². The quantitative estimate of drug-likeness (QED) is 0.690. The van der Waals surface area contributed by atoms with Crippen molar-refractivity contribution < 1.29 is 0 Å². The van der Waals surface area contributed by atoms with Crippen molar-refractivity contribution in [2.75, 3.05) is 0 Å². The Morgan fingerprint density at radius 3 is 2.69 bits per heavy atom. The minimum atomic E-state index is -0.481. The minimum Gasteiger partial charge on any atom is -0.256 e. The molecule has 0 aliphatic carbocycles. The summed E-state index contributed by atoms with van der Waals surface area (Å²) in [6.45, 7) is 5.83. The molecule has 0 unspecified atom stereocenters. The number of aryl methyl sites for hydroxylation is 1. The zero-order valence-corrected chi connectivity index (χ0v) is 8.33. The van der Waals surface area contributed by atoms with Gasteiger partial charge in [-0.3, -0.25) is 4.98 Å². The van der Waals surface area contributed by atoms with Crippen molar-refractivity contribution in [3.05, 3.63) is 29.6 Å². The van der Waals surface area contributed by atoms with Crippen LogP contribution in [0.15, 0.2) is 18.2 Å². The lowest BCUT2D eigenvalue weighted by Gasteiger charge is -2.14. The van der Waals surface area contributed by atoms with E-state index in [0.29, 0.717) is 0 Å². The number of rotatable bonds is 2. The molecule has 0 saturated heterocycles. The normalized spacial score (nSPS) is 10.9. The Kier molecular flexibility index (Phi) is 2.67. The Balaban J connectivity index is 3.10. The summed E-state index contributed by atoms with van der Waals surface area (Å²) in [6.07, 6.45) is 0.912. The van der Waals surface area contributed by atoms with E-state index in [4.69, 9.17) is 5.26 Å². The summed E-state index contributed by atoms with van der Waals surface area (Å²) in [7, 11) is 0. The van der Waals surface area contributed by atoms with E-state index >= 15 is 0 Å². The average molecular weight is 174 g/mol. The molecule has 2 heteroatoms. The fourth-order valence-corrected chi connectivity index (χ4v) is 1.08. The standard InChI is InChI=1S/C11H14N2/c1-4-9-6-5-7-10(13-9)11(2,3)8-12/h5-7H,4H2,1-3H3. The van der Waals surface area contributed by atoms with Gasteiger partial charge in [-0.15, -0.1) is 0 Å². The highest BCUT2D eigenvalue weighted by atomic mass is 14.7. The average Bonchev–Trinajstić information content (AvgIpc) is 2.18. The summed E-state index contributed by atoms with van der Waals surface area (Å²) in [6, 6.07) is 8.09. The maximum atomic E-state index is 8.92. The van der Waals surface area contributed by atoms with E-state index in [1.807, 2.05) is 32.0 Å². The Labute approximate surface area is 79.2 Å². The van der Waals surface area contributed by atoms with Gasteiger partial charge in [0.1, 0.15) is 0 Å². The molecule has 0 aliphatic heterocycles. The van der Waals surface area contributed by atoms with Gasteiger partial charge in [0.05, 0.1) is 17.2 Å². The first kappa shape index (κ1) is 9.73. The summed E-state index contributed by atoms with van der Waals surface area (Å²) < 4.78 is 0. The number of hydrogen-bond donors (Lipinski definition) is 0. The lowest BCUT2D eigenvalue weighted by molar-refractivity contribution is 0.654. The monoisotopic (exact) mass is 174 g/mol. The summed E-state index contributed by atoms with van der Waals surface area (Å²) in [5, 5.41) is 8.92. The molecule has 1 rings (SSSR count). The van der Waals surface area contributed by atoms with Crippen molar-refractivity contribution in [3.63, 3.8) is 0 Å². The third-order valence-corrected chi connectivity index (χ3v) is 2.09. The molecular formula is C11H14N2. The zero-order valence-electron chi connectivity index (χ0n) is 8.33. The zero-order chi connectivity index (χ0) is 9.90. The fraction of sp³-hybridized carbons (Fsp3) is 0.455. The SMILES string of the molecule is CCc1cccc(C(C)(C)C#N)n1. The van der Waals surface area contributed by atoms with Crippen LogP contribution in [0, 0.1) is 11.3 Å². The molecule has 0 N–H and O–H groups in total. The first-order chi connectivity index (χ1) is 6.10. The van der Waals surface area contributed by atoms with Crippen LogP contribution in [0.1, 0.15) is 32.2 Å². The molecule has 0 aromatic carbocycles. The van der Waals surface area contributed by atoms with Crippen LogP contribution in [-0.4, -0.2) is 4.98 Å². The van der Waals surface area contributed by atoms with E-state index < -0.39 is 5.41 Å². The Hall–Kier alpha value is -1.36. The van der Waals surface area contributed by atoms with Gasteiger partial charge >= 0.3 is 0 Å². The summed E-state index contributed by atoms with van der Waals surface area (Å²) in [4.78, 5) is 4.41. The molecule has 0 bridgehead atoms. The fourth-order valence-electron chi connectivity index (χ4n) is 1.08. The van der Waals surface area contributed by atoms with E-state index in [9.17, 15) is 0 Å². The van der Waals surface area contributed by atoms with E-state index in [-0.39, 0.29) is 0 Å². The maximum absolute atomic E-state index is 8.92. The number of pyridine rings is 1. The predicted molar refractivity (Wildman–Crippen MR) is 52.3 cm³/mol. The Morgan fingerprint density at radius 2 is 2.15 bits per heavy atom. The summed E-state index contributed by atoms with van der Waals surface area (Å²) >= 11 is 0. The van der Waals surface area contributed by atoms with Crippen molar-refractivity contribution in [2.45, 2.75) is 32.6 Å². The second kappa shape index (κ2) is 3.57. The maximum Gasteiger partial charge on any atom is 0.0937 e. The van der Waals surface area contributed by atoms with Crippen LogP contribution < -0.4 is 0 Å². The minimum absolute atomic E-state index is 0.481. The molecule has 0 radical (unpaired) electrons. The van der Waals surface area contributed by atoms with Crippen LogP contribution in [0.4, 0.5) is 0 Å². The highest BCUT2D eigenvalue weighted by molar-refractivity contribution is 5.24. The first-order valence-corrected chi connectivity index (χ1v) is 4.48. The van der Waals surface area contributed by atoms with Crippen molar-refractivity contribution in [3.8, 4) is 6.07 Å². The van der Waals surface area contributed by atoms with Gasteiger partial charge in [-0.1, -0.05) is 13.0 Å². The molecule has 0 amide bonds. The highest BCUT2D eigenvalue weighted by Crippen LogP contribution is 2.19. The lowest BCUT2D eigenvalue weighted by Crippen LogP contribution is -2.16. The van der Waals surface area contributed by atoms with Gasteiger partial charge in [0.25, 0.3) is 0 Å². The van der Waals surface area contributed by atoms with Crippen molar-refractivity contribution in [2.24, 2.45) is 0 Å². The number of nitriles is 1. The molecular weight excluding hydrogens is 160 g/mol. The summed E-state index contributed by atoms with van der Waals surface area (Å²) in [5.74, 6) is 0. The van der Waals surface area contributed by atoms with Gasteiger partial charge in [-0.05, 0) is 32.4 Å². The van der Waals surface area contributed by atoms with Crippen LogP contribution in [0.2, 0.25) is 0 Å². The molecule has 68 valence electrons. The van der Waals surface area contributed by atoms with Gasteiger partial charge in [-0.25, -0.2) is 0 Å². The third-order valence-electron chi connectivity index (χ3n) is 2.09. The van der Waals surface area contributed by atoms with Crippen LogP contribution >= 0.6 is 0 Å². The molecule has 13 heavy (non-hydrogen) atoms. The molecule has 1 heterocycles. The van der Waals surface area contributed by atoms with E-state index in [1.54, 1.807) is 0 Å². The van der Waals surface area contributed by atoms with Gasteiger partial charge < -0.3 is 0 Å². The number of aromatic nitrogens is 1. The molecule has 1 aromatic rings. The molecule has 1 aromatic heterocycles. The Bertz CT molecular complexity index is 334. The molecule has 0 fully saturated rings. The smallest absolute Gasteiger partial charge is 0.0937 e. The van der Waals surface area contributed by atoms with Crippen LogP contribution in [0.3, 0.4) is 0 Å². The number of nitrogens with zero attached hydrogens (tertiary/aromatic N) is 2. The number of hydrogen-bond acceptors (Lipinski definition) is 2. The third kappa shape index (κ3) is 2.06. The van der Waals surface area contributed by atoms with Gasteiger partial charge in [-0.2, -0.15) is 5.26 Å². The molecule has 0 aliphatic rings. The van der Waals surface area contributed by atoms with E-state index in [1.165, 1.54) is 0 Å². The lowest BCUT2D eigenvalue weighted by atomic mass is 9.91. The highest BCUT2D eigenvalue weighted by Gasteiger charge is 2.21. The van der Waals surface area contributed by atoms with Gasteiger partial charge in [0.15, 0.2) is 0 Å². The largest absolute Gasteiger partial charge is 0.256 e. The molecule has 0 saturated carbocycles. The predicted octanol–water partition coefficient (Wildman–Crippen LogP) is 2.45. The molecule has 2 nitrogen and oxygen atoms in total. The van der Waals surface area contributed by atoms with Gasteiger partial charge in [0.2, 0.25) is 0 Å². The molecule has 0 atom stereocenters. The first-order valence-electron chi connectivity index (χ1n) is 4.48. The Morgan fingerprint density at radius 1 is 1.46 bits per heavy atom. The van der Waals surface area contributed by atoms with Crippen molar-refractivity contribution in [1.82, 2.24) is 4.98 Å². The van der Waals surface area contributed by atoms with Crippen molar-refractivity contribution in [1.29, 1.82) is 5.26 Å². The van der Waals surface area contributed by atoms with Crippen LogP contribution in [-0.2, 0) is 11.8 Å². The van der Waals surface area contributed by atoms with Crippen LogP contribution in [0.25, 0.3) is 0 Å². The van der Waals surface area contributed by atoms with Crippen molar-refractivity contribution >= 4 is 0 Å². The van der Waals surface area contributed by atoms with E-state index in [0.717, 1.165) is 17.8 Å². The molecule has 0 spiro atoms. The van der Waals surface area contributed by atoms with Gasteiger partial charge in [0, 0.05) is 5.69 Å². The van der Waals surface area contributed by atoms with E-state index in [2.05, 4.69) is 18.0 Å². The second-order valence-electron chi connectivity index (χ2n) is 3.60. The van der Waals surface area contributed by atoms with Crippen LogP contribution in [0.5, 0.6) is 0 Å². The summed E-state index contributed by atoms with van der Waals surface area (Å²) in [5.41, 5.74) is 1.42. The second-order valence-corrected chi connectivity index (χ2v) is 3.60.